The summed E-state index contributed by atoms with van der Waals surface area (Å²) in [6, 6.07) is 7.81. The molecule has 0 radical (unpaired) electrons. The number of phenols is 1. The molecular formula is C19H14O4. The van der Waals surface area contributed by atoms with E-state index in [9.17, 15) is 19.5 Å². The molecule has 2 aromatic rings. The van der Waals surface area contributed by atoms with Crippen molar-refractivity contribution in [3.63, 3.8) is 0 Å². The molecule has 2 aliphatic carbocycles. The number of phenolic OH excluding ortho intramolecular Hbond substituents is 1. The number of ketones is 3. The van der Waals surface area contributed by atoms with Crippen LogP contribution in [-0.4, -0.2) is 22.5 Å². The molecule has 1 N–H and O–H groups in total. The Balaban J connectivity index is 2.03. The molecule has 0 spiro atoms. The van der Waals surface area contributed by atoms with Crippen LogP contribution in [0.25, 0.3) is 0 Å². The van der Waals surface area contributed by atoms with E-state index in [0.29, 0.717) is 12.0 Å². The van der Waals surface area contributed by atoms with Gasteiger partial charge in [-0.05, 0) is 30.0 Å². The number of rotatable bonds is 0. The third-order valence-corrected chi connectivity index (χ3v) is 4.66. The number of carbonyl (C=O) groups excluding carboxylic acids is 3. The van der Waals surface area contributed by atoms with Crippen LogP contribution >= 0.6 is 0 Å². The lowest BCUT2D eigenvalue weighted by molar-refractivity contribution is 0.0935. The molecule has 114 valence electrons. The number of benzene rings is 2. The highest BCUT2D eigenvalue weighted by Gasteiger charge is 2.37. The summed E-state index contributed by atoms with van der Waals surface area (Å²) in [5, 5.41) is 9.96. The molecule has 4 rings (SSSR count). The number of aromatic hydroxyl groups is 1. The number of fused-ring (bicyclic) bond motifs is 4. The van der Waals surface area contributed by atoms with Crippen molar-refractivity contribution in [3.05, 3.63) is 63.7 Å². The predicted molar refractivity (Wildman–Crippen MR) is 83.2 cm³/mol. The van der Waals surface area contributed by atoms with E-state index in [1.165, 1.54) is 18.2 Å². The second-order valence-corrected chi connectivity index (χ2v) is 6.32. The summed E-state index contributed by atoms with van der Waals surface area (Å²) in [7, 11) is 0. The highest BCUT2D eigenvalue weighted by Crippen LogP contribution is 2.37. The van der Waals surface area contributed by atoms with Crippen molar-refractivity contribution in [1.82, 2.24) is 0 Å². The molecule has 0 fully saturated rings. The summed E-state index contributed by atoms with van der Waals surface area (Å²) in [5.41, 5.74) is 1.85. The first-order chi connectivity index (χ1) is 11.0. The van der Waals surface area contributed by atoms with Gasteiger partial charge in [0.2, 0.25) is 0 Å². The minimum Gasteiger partial charge on any atom is -0.507 e. The lowest BCUT2D eigenvalue weighted by Gasteiger charge is -2.26. The highest BCUT2D eigenvalue weighted by molar-refractivity contribution is 6.32. The Kier molecular flexibility index (Phi) is 2.79. The number of carbonyl (C=O) groups is 3. The Hall–Kier alpha value is -2.75. The smallest absolute Gasteiger partial charge is 0.198 e. The molecule has 0 amide bonds. The van der Waals surface area contributed by atoms with Gasteiger partial charge < -0.3 is 5.11 Å². The van der Waals surface area contributed by atoms with Crippen molar-refractivity contribution in [3.8, 4) is 5.75 Å². The van der Waals surface area contributed by atoms with Gasteiger partial charge in [-0.3, -0.25) is 14.4 Å². The lowest BCUT2D eigenvalue weighted by atomic mass is 9.74. The first kappa shape index (κ1) is 13.9. The van der Waals surface area contributed by atoms with Gasteiger partial charge in [0.15, 0.2) is 17.3 Å². The largest absolute Gasteiger partial charge is 0.507 e. The zero-order valence-corrected chi connectivity index (χ0v) is 12.6. The topological polar surface area (TPSA) is 71.4 Å². The van der Waals surface area contributed by atoms with Crippen LogP contribution in [0, 0.1) is 5.92 Å². The Labute approximate surface area is 132 Å². The number of Topliss-reactive ketones (excluding diaryl/α,β-unsaturated/α-hetero) is 1. The van der Waals surface area contributed by atoms with E-state index in [0.717, 1.165) is 12.0 Å². The maximum atomic E-state index is 12.9. The van der Waals surface area contributed by atoms with E-state index in [4.69, 9.17) is 0 Å². The second kappa shape index (κ2) is 4.62. The molecule has 0 saturated carbocycles. The molecule has 1 atom stereocenters. The van der Waals surface area contributed by atoms with Crippen molar-refractivity contribution in [2.45, 2.75) is 19.8 Å². The average Bonchev–Trinajstić information content (AvgIpc) is 2.51. The molecule has 4 heteroatoms. The van der Waals surface area contributed by atoms with Gasteiger partial charge in [-0.2, -0.15) is 0 Å². The molecule has 4 nitrogen and oxygen atoms in total. The van der Waals surface area contributed by atoms with Gasteiger partial charge in [-0.25, -0.2) is 0 Å². The standard InChI is InChI=1S/C19H14O4/c1-9-7-10-5-6-12-17(15(10)14(21)8-9)19(23)11-3-2-4-13(20)16(11)18(12)22/h2-6,9,20H,7-8H2,1H3/t9-/m1/s1. The molecule has 2 aromatic carbocycles. The minimum atomic E-state index is -0.401. The Morgan fingerprint density at radius 2 is 1.57 bits per heavy atom. The van der Waals surface area contributed by atoms with Crippen LogP contribution in [0.1, 0.15) is 61.1 Å². The maximum absolute atomic E-state index is 12.9. The van der Waals surface area contributed by atoms with E-state index in [-0.39, 0.29) is 45.5 Å². The SMILES string of the molecule is C[C@H]1CC(=O)c2c(ccc3c2C(=O)c2cccc(O)c2C3=O)C1. The van der Waals surface area contributed by atoms with Gasteiger partial charge in [0.1, 0.15) is 5.75 Å². The van der Waals surface area contributed by atoms with Gasteiger partial charge in [0.25, 0.3) is 0 Å². The minimum absolute atomic E-state index is 0.0292. The molecule has 0 saturated heterocycles. The van der Waals surface area contributed by atoms with Crippen LogP contribution in [0.5, 0.6) is 5.75 Å². The zero-order valence-electron chi connectivity index (χ0n) is 12.6. The fraction of sp³-hybridized carbons (Fsp3) is 0.211. The Morgan fingerprint density at radius 1 is 0.870 bits per heavy atom. The van der Waals surface area contributed by atoms with Gasteiger partial charge >= 0.3 is 0 Å². The predicted octanol–water partition coefficient (Wildman–Crippen LogP) is 2.93. The van der Waals surface area contributed by atoms with E-state index in [1.807, 2.05) is 6.92 Å². The molecule has 0 heterocycles. The summed E-state index contributed by atoms with van der Waals surface area (Å²) in [6.07, 6.45) is 1.11. The van der Waals surface area contributed by atoms with E-state index >= 15 is 0 Å². The van der Waals surface area contributed by atoms with Crippen LogP contribution in [-0.2, 0) is 6.42 Å². The summed E-state index contributed by atoms with van der Waals surface area (Å²) in [5.74, 6) is -0.810. The third-order valence-electron chi connectivity index (χ3n) is 4.66. The molecule has 0 aromatic heterocycles. The van der Waals surface area contributed by atoms with Crippen LogP contribution in [0.2, 0.25) is 0 Å². The summed E-state index contributed by atoms with van der Waals surface area (Å²) in [4.78, 5) is 38.1. The van der Waals surface area contributed by atoms with Gasteiger partial charge in [-0.15, -0.1) is 0 Å². The quantitative estimate of drug-likeness (QED) is 0.693. The van der Waals surface area contributed by atoms with E-state index < -0.39 is 5.78 Å². The van der Waals surface area contributed by atoms with Gasteiger partial charge in [-0.1, -0.05) is 25.1 Å². The van der Waals surface area contributed by atoms with Crippen LogP contribution in [0.3, 0.4) is 0 Å². The van der Waals surface area contributed by atoms with Crippen molar-refractivity contribution >= 4 is 17.3 Å². The fourth-order valence-corrected chi connectivity index (χ4v) is 3.66. The summed E-state index contributed by atoms with van der Waals surface area (Å²) < 4.78 is 0. The van der Waals surface area contributed by atoms with E-state index in [2.05, 4.69) is 0 Å². The molecule has 0 unspecified atom stereocenters. The first-order valence-electron chi connectivity index (χ1n) is 7.59. The monoisotopic (exact) mass is 306 g/mol. The maximum Gasteiger partial charge on any atom is 0.198 e. The third kappa shape index (κ3) is 1.81. The first-order valence-corrected chi connectivity index (χ1v) is 7.59. The molecule has 0 aliphatic heterocycles. The van der Waals surface area contributed by atoms with Crippen molar-refractivity contribution in [2.24, 2.45) is 5.92 Å². The molecule has 2 aliphatic rings. The number of hydrogen-bond donors (Lipinski definition) is 1. The summed E-state index contributed by atoms with van der Waals surface area (Å²) in [6.45, 7) is 2.00. The highest BCUT2D eigenvalue weighted by atomic mass is 16.3. The Bertz CT molecular complexity index is 908. The van der Waals surface area contributed by atoms with Crippen molar-refractivity contribution in [1.29, 1.82) is 0 Å². The molecule has 23 heavy (non-hydrogen) atoms. The number of hydrogen-bond acceptors (Lipinski definition) is 4. The average molecular weight is 306 g/mol. The Morgan fingerprint density at radius 3 is 2.35 bits per heavy atom. The lowest BCUT2D eigenvalue weighted by Crippen LogP contribution is -2.28. The molecular weight excluding hydrogens is 292 g/mol. The van der Waals surface area contributed by atoms with Crippen molar-refractivity contribution < 1.29 is 19.5 Å². The van der Waals surface area contributed by atoms with Gasteiger partial charge in [0, 0.05) is 28.7 Å². The van der Waals surface area contributed by atoms with Crippen LogP contribution in [0.4, 0.5) is 0 Å². The zero-order chi connectivity index (χ0) is 16.3. The van der Waals surface area contributed by atoms with Crippen LogP contribution < -0.4 is 0 Å². The van der Waals surface area contributed by atoms with Crippen LogP contribution in [0.15, 0.2) is 30.3 Å². The normalized spacial score (nSPS) is 19.2. The molecule has 0 bridgehead atoms. The fourth-order valence-electron chi connectivity index (χ4n) is 3.66. The summed E-state index contributed by atoms with van der Waals surface area (Å²) >= 11 is 0. The van der Waals surface area contributed by atoms with Crippen molar-refractivity contribution in [2.75, 3.05) is 0 Å². The van der Waals surface area contributed by atoms with Gasteiger partial charge in [0.05, 0.1) is 5.56 Å². The van der Waals surface area contributed by atoms with E-state index in [1.54, 1.807) is 12.1 Å². The second-order valence-electron chi connectivity index (χ2n) is 6.32.